The smallest absolute Gasteiger partial charge is 0.151 e. The molecule has 0 amide bonds. The number of nitrogens with zero attached hydrogens (tertiary/aromatic N) is 1. The van der Waals surface area contributed by atoms with Gasteiger partial charge in [-0.2, -0.15) is 0 Å². The molecule has 1 saturated heterocycles. The summed E-state index contributed by atoms with van der Waals surface area (Å²) in [5, 5.41) is 0. The highest BCUT2D eigenvalue weighted by molar-refractivity contribution is 7.91. The van der Waals surface area contributed by atoms with Crippen molar-refractivity contribution in [3.05, 3.63) is 35.6 Å². The molecule has 2 atom stereocenters. The van der Waals surface area contributed by atoms with Crippen molar-refractivity contribution in [3.63, 3.8) is 0 Å². The fourth-order valence-electron chi connectivity index (χ4n) is 2.91. The Hall–Kier alpha value is -0.940. The van der Waals surface area contributed by atoms with Gasteiger partial charge in [-0.25, -0.2) is 12.8 Å². The van der Waals surface area contributed by atoms with Gasteiger partial charge in [0.2, 0.25) is 0 Å². The highest BCUT2D eigenvalue weighted by Gasteiger charge is 2.32. The minimum atomic E-state index is -2.95. The zero-order chi connectivity index (χ0) is 14.8. The molecular weight excluding hydrogens is 277 g/mol. The fraction of sp³-hybridized carbons (Fsp3) is 0.600. The first-order valence-corrected chi connectivity index (χ1v) is 8.95. The Kier molecular flexibility index (Phi) is 4.81. The molecule has 20 heavy (non-hydrogen) atoms. The van der Waals surface area contributed by atoms with Crippen molar-refractivity contribution in [2.45, 2.75) is 26.3 Å². The number of halogens is 1. The number of benzene rings is 1. The van der Waals surface area contributed by atoms with E-state index in [9.17, 15) is 12.8 Å². The number of sulfone groups is 1. The van der Waals surface area contributed by atoms with E-state index in [2.05, 4.69) is 11.8 Å². The molecule has 2 rings (SSSR count). The SMILES string of the molecule is CCS(=O)(=O)CCN1CCC(C)C1c1cccc(F)c1. The Balaban J connectivity index is 2.13. The fourth-order valence-corrected chi connectivity index (χ4v) is 3.71. The predicted octanol–water partition coefficient (Wildman–Crippen LogP) is 2.64. The van der Waals surface area contributed by atoms with Gasteiger partial charge in [-0.05, 0) is 36.6 Å². The van der Waals surface area contributed by atoms with Gasteiger partial charge in [-0.1, -0.05) is 26.0 Å². The number of likely N-dealkylation sites (tertiary alicyclic amines) is 1. The Morgan fingerprint density at radius 1 is 1.40 bits per heavy atom. The maximum Gasteiger partial charge on any atom is 0.151 e. The van der Waals surface area contributed by atoms with Crippen molar-refractivity contribution in [1.82, 2.24) is 4.90 Å². The van der Waals surface area contributed by atoms with Crippen LogP contribution in [-0.2, 0) is 9.84 Å². The van der Waals surface area contributed by atoms with Crippen LogP contribution in [0.3, 0.4) is 0 Å². The second-order valence-corrected chi connectivity index (χ2v) is 8.01. The first-order valence-electron chi connectivity index (χ1n) is 7.13. The molecule has 112 valence electrons. The van der Waals surface area contributed by atoms with E-state index in [1.54, 1.807) is 19.1 Å². The van der Waals surface area contributed by atoms with Crippen LogP contribution >= 0.6 is 0 Å². The lowest BCUT2D eigenvalue weighted by molar-refractivity contribution is 0.246. The van der Waals surface area contributed by atoms with E-state index in [1.165, 1.54) is 6.07 Å². The van der Waals surface area contributed by atoms with Gasteiger partial charge >= 0.3 is 0 Å². The van der Waals surface area contributed by atoms with Crippen LogP contribution in [0.15, 0.2) is 24.3 Å². The largest absolute Gasteiger partial charge is 0.295 e. The van der Waals surface area contributed by atoms with E-state index in [0.29, 0.717) is 12.5 Å². The number of rotatable bonds is 5. The minimum absolute atomic E-state index is 0.123. The standard InChI is InChI=1S/C15H22FNO2S/c1-3-20(18,19)10-9-17-8-7-12(2)15(17)13-5-4-6-14(16)11-13/h4-6,11-12,15H,3,7-10H2,1-2H3. The topological polar surface area (TPSA) is 37.4 Å². The van der Waals surface area contributed by atoms with Crippen molar-refractivity contribution in [3.8, 4) is 0 Å². The molecule has 0 radical (unpaired) electrons. The highest BCUT2D eigenvalue weighted by atomic mass is 32.2. The Morgan fingerprint density at radius 3 is 2.80 bits per heavy atom. The van der Waals surface area contributed by atoms with Crippen LogP contribution in [0.5, 0.6) is 0 Å². The Bertz CT molecular complexity index is 559. The van der Waals surface area contributed by atoms with Crippen LogP contribution in [0.4, 0.5) is 4.39 Å². The van der Waals surface area contributed by atoms with E-state index in [-0.39, 0.29) is 23.4 Å². The molecule has 1 aliphatic heterocycles. The second kappa shape index (κ2) is 6.22. The van der Waals surface area contributed by atoms with Crippen LogP contribution < -0.4 is 0 Å². The highest BCUT2D eigenvalue weighted by Crippen LogP contribution is 2.36. The van der Waals surface area contributed by atoms with Crippen molar-refractivity contribution < 1.29 is 12.8 Å². The maximum atomic E-state index is 13.4. The monoisotopic (exact) mass is 299 g/mol. The summed E-state index contributed by atoms with van der Waals surface area (Å²) in [5.74, 6) is 0.548. The van der Waals surface area contributed by atoms with Gasteiger partial charge in [0.1, 0.15) is 5.82 Å². The van der Waals surface area contributed by atoms with Crippen molar-refractivity contribution >= 4 is 9.84 Å². The molecule has 0 N–H and O–H groups in total. The maximum absolute atomic E-state index is 13.4. The lowest BCUT2D eigenvalue weighted by Crippen LogP contribution is -2.30. The Morgan fingerprint density at radius 2 is 2.15 bits per heavy atom. The summed E-state index contributed by atoms with van der Waals surface area (Å²) in [7, 11) is -2.95. The van der Waals surface area contributed by atoms with E-state index in [1.807, 2.05) is 6.07 Å². The molecule has 0 bridgehead atoms. The molecule has 2 unspecified atom stereocenters. The van der Waals surface area contributed by atoms with E-state index in [0.717, 1.165) is 18.5 Å². The first-order chi connectivity index (χ1) is 9.43. The summed E-state index contributed by atoms with van der Waals surface area (Å²) in [6, 6.07) is 6.77. The first kappa shape index (κ1) is 15.4. The quantitative estimate of drug-likeness (QED) is 0.839. The van der Waals surface area contributed by atoms with Crippen LogP contribution in [0.2, 0.25) is 0 Å². The molecule has 0 spiro atoms. The van der Waals surface area contributed by atoms with Crippen LogP contribution in [0.25, 0.3) is 0 Å². The third-order valence-corrected chi connectivity index (χ3v) is 5.81. The number of hydrogen-bond donors (Lipinski definition) is 0. The van der Waals surface area contributed by atoms with Crippen molar-refractivity contribution in [2.75, 3.05) is 24.6 Å². The summed E-state index contributed by atoms with van der Waals surface area (Å²) in [6.45, 7) is 5.22. The average molecular weight is 299 g/mol. The average Bonchev–Trinajstić information content (AvgIpc) is 2.78. The zero-order valence-electron chi connectivity index (χ0n) is 12.0. The normalized spacial score (nSPS) is 24.1. The molecule has 0 saturated carbocycles. The molecule has 1 aliphatic rings. The molecule has 3 nitrogen and oxygen atoms in total. The molecule has 5 heteroatoms. The summed E-state index contributed by atoms with van der Waals surface area (Å²) in [6.07, 6.45) is 1.02. The third-order valence-electron chi connectivity index (χ3n) is 4.12. The molecule has 1 aromatic rings. The molecule has 0 aromatic heterocycles. The molecule has 0 aliphatic carbocycles. The Labute approximate surface area is 120 Å². The van der Waals surface area contributed by atoms with Gasteiger partial charge in [-0.15, -0.1) is 0 Å². The predicted molar refractivity (Wildman–Crippen MR) is 78.8 cm³/mol. The van der Waals surface area contributed by atoms with Gasteiger partial charge < -0.3 is 0 Å². The van der Waals surface area contributed by atoms with Crippen LogP contribution in [0.1, 0.15) is 31.9 Å². The van der Waals surface area contributed by atoms with Gasteiger partial charge in [0.25, 0.3) is 0 Å². The number of hydrogen-bond acceptors (Lipinski definition) is 3. The van der Waals surface area contributed by atoms with Gasteiger partial charge in [0, 0.05) is 18.3 Å². The van der Waals surface area contributed by atoms with Gasteiger partial charge in [0.05, 0.1) is 5.75 Å². The van der Waals surface area contributed by atoms with Gasteiger partial charge in [-0.3, -0.25) is 4.90 Å². The molecule has 1 heterocycles. The van der Waals surface area contributed by atoms with E-state index < -0.39 is 9.84 Å². The lowest BCUT2D eigenvalue weighted by Gasteiger charge is -2.27. The molecule has 1 fully saturated rings. The van der Waals surface area contributed by atoms with Crippen molar-refractivity contribution in [1.29, 1.82) is 0 Å². The van der Waals surface area contributed by atoms with Crippen LogP contribution in [0, 0.1) is 11.7 Å². The lowest BCUT2D eigenvalue weighted by atomic mass is 9.95. The summed E-state index contributed by atoms with van der Waals surface area (Å²) >= 11 is 0. The van der Waals surface area contributed by atoms with Crippen molar-refractivity contribution in [2.24, 2.45) is 5.92 Å². The second-order valence-electron chi connectivity index (χ2n) is 5.54. The third kappa shape index (κ3) is 3.58. The zero-order valence-corrected chi connectivity index (χ0v) is 12.9. The summed E-state index contributed by atoms with van der Waals surface area (Å²) < 4.78 is 36.7. The van der Waals surface area contributed by atoms with E-state index in [4.69, 9.17) is 0 Å². The van der Waals surface area contributed by atoms with Crippen LogP contribution in [-0.4, -0.2) is 37.9 Å². The van der Waals surface area contributed by atoms with Gasteiger partial charge in [0.15, 0.2) is 9.84 Å². The summed E-state index contributed by atoms with van der Waals surface area (Å²) in [4.78, 5) is 2.17. The van der Waals surface area contributed by atoms with E-state index >= 15 is 0 Å². The minimum Gasteiger partial charge on any atom is -0.295 e. The molecule has 1 aromatic carbocycles. The summed E-state index contributed by atoms with van der Waals surface area (Å²) in [5.41, 5.74) is 0.948. The molecular formula is C15H22FNO2S.